The van der Waals surface area contributed by atoms with Crippen molar-refractivity contribution in [2.45, 2.75) is 65.0 Å². The molecule has 1 aliphatic rings. The average Bonchev–Trinajstić information content (AvgIpc) is 3.52. The Hall–Kier alpha value is -3.42. The molecule has 0 saturated heterocycles. The molecule has 2 aromatic heterocycles. The van der Waals surface area contributed by atoms with Gasteiger partial charge in [-0.05, 0) is 68.7 Å². The molecule has 0 aliphatic heterocycles. The highest BCUT2D eigenvalue weighted by Gasteiger charge is 2.33. The molecule has 4 rings (SSSR count). The van der Waals surface area contributed by atoms with Gasteiger partial charge in [-0.1, -0.05) is 42.8 Å². The van der Waals surface area contributed by atoms with E-state index in [0.29, 0.717) is 24.8 Å². The van der Waals surface area contributed by atoms with Crippen molar-refractivity contribution in [2.75, 3.05) is 13.1 Å². The van der Waals surface area contributed by atoms with Gasteiger partial charge in [-0.3, -0.25) is 9.59 Å². The average molecular weight is 478 g/mol. The number of carbonyl (C=O) groups excluding carboxylic acids is 2. The number of nitrogens with zero attached hydrogens (tertiary/aromatic N) is 4. The zero-order valence-electron chi connectivity index (χ0n) is 20.7. The minimum Gasteiger partial charge on any atom is -0.467 e. The molecule has 0 radical (unpaired) electrons. The summed E-state index contributed by atoms with van der Waals surface area (Å²) in [7, 11) is 0. The molecule has 1 atom stereocenters. The SMILES string of the molecule is CC(C)CCNC(=O)C(c1ccco1)N(CCC1=CCCCC1)C(=O)Cn1nnc2ccccc21. The lowest BCUT2D eigenvalue weighted by Crippen LogP contribution is -2.45. The van der Waals surface area contributed by atoms with Crippen LogP contribution in [-0.2, 0) is 16.1 Å². The molecule has 35 heavy (non-hydrogen) atoms. The number of hydrogen-bond acceptors (Lipinski definition) is 5. The van der Waals surface area contributed by atoms with E-state index in [1.807, 2.05) is 24.3 Å². The molecule has 1 aliphatic carbocycles. The molecular formula is C27H35N5O3. The fraction of sp³-hybridized carbons (Fsp3) is 0.481. The van der Waals surface area contributed by atoms with Crippen LogP contribution in [0.4, 0.5) is 0 Å². The highest BCUT2D eigenvalue weighted by atomic mass is 16.3. The van der Waals surface area contributed by atoms with Crippen molar-refractivity contribution in [1.82, 2.24) is 25.2 Å². The maximum atomic E-state index is 13.7. The van der Waals surface area contributed by atoms with E-state index in [1.54, 1.807) is 28.0 Å². The second-order valence-corrected chi connectivity index (χ2v) is 9.57. The first-order valence-corrected chi connectivity index (χ1v) is 12.6. The maximum Gasteiger partial charge on any atom is 0.250 e. The number of carbonyl (C=O) groups is 2. The molecular weight excluding hydrogens is 442 g/mol. The largest absolute Gasteiger partial charge is 0.467 e. The van der Waals surface area contributed by atoms with E-state index in [1.165, 1.54) is 18.4 Å². The van der Waals surface area contributed by atoms with Crippen molar-refractivity contribution in [3.05, 3.63) is 60.1 Å². The Kier molecular flexibility index (Phi) is 8.34. The van der Waals surface area contributed by atoms with Crippen LogP contribution in [0.5, 0.6) is 0 Å². The van der Waals surface area contributed by atoms with Gasteiger partial charge >= 0.3 is 0 Å². The summed E-state index contributed by atoms with van der Waals surface area (Å²) in [5.41, 5.74) is 2.86. The third-order valence-corrected chi connectivity index (χ3v) is 6.48. The summed E-state index contributed by atoms with van der Waals surface area (Å²) in [6.45, 7) is 5.21. The fourth-order valence-electron chi connectivity index (χ4n) is 4.50. The molecule has 3 aromatic rings. The van der Waals surface area contributed by atoms with E-state index in [4.69, 9.17) is 4.42 Å². The summed E-state index contributed by atoms with van der Waals surface area (Å²) in [6, 6.07) is 10.2. The van der Waals surface area contributed by atoms with Gasteiger partial charge in [0, 0.05) is 13.1 Å². The summed E-state index contributed by atoms with van der Waals surface area (Å²) in [6.07, 6.45) is 9.92. The Balaban J connectivity index is 1.60. The normalized spacial score (nSPS) is 14.7. The summed E-state index contributed by atoms with van der Waals surface area (Å²) >= 11 is 0. The molecule has 0 saturated carbocycles. The number of rotatable bonds is 11. The van der Waals surface area contributed by atoms with Crippen molar-refractivity contribution in [3.8, 4) is 0 Å². The first-order chi connectivity index (χ1) is 17.0. The summed E-state index contributed by atoms with van der Waals surface area (Å²) < 4.78 is 7.27. The Morgan fingerprint density at radius 2 is 2.03 bits per heavy atom. The van der Waals surface area contributed by atoms with Crippen LogP contribution in [0.1, 0.15) is 64.2 Å². The van der Waals surface area contributed by atoms with Crippen molar-refractivity contribution >= 4 is 22.8 Å². The molecule has 0 spiro atoms. The standard InChI is InChI=1S/C27H35N5O3/c1-20(2)14-16-28-27(34)26(24-13-8-18-35-24)31(17-15-21-9-4-3-5-10-21)25(33)19-32-23-12-7-6-11-22(23)29-30-32/h6-9,11-13,18,20,26H,3-5,10,14-17,19H2,1-2H3,(H,28,34). The quantitative estimate of drug-likeness (QED) is 0.406. The van der Waals surface area contributed by atoms with Crippen LogP contribution < -0.4 is 5.32 Å². The van der Waals surface area contributed by atoms with Gasteiger partial charge in [0.15, 0.2) is 6.04 Å². The topological polar surface area (TPSA) is 93.3 Å². The lowest BCUT2D eigenvalue weighted by Gasteiger charge is -2.30. The highest BCUT2D eigenvalue weighted by Crippen LogP contribution is 2.26. The van der Waals surface area contributed by atoms with E-state index >= 15 is 0 Å². The minimum atomic E-state index is -0.844. The number of furan rings is 1. The molecule has 8 nitrogen and oxygen atoms in total. The van der Waals surface area contributed by atoms with Crippen molar-refractivity contribution in [3.63, 3.8) is 0 Å². The number of aromatic nitrogens is 3. The van der Waals surface area contributed by atoms with E-state index in [9.17, 15) is 9.59 Å². The van der Waals surface area contributed by atoms with Gasteiger partial charge in [0.25, 0.3) is 5.91 Å². The Morgan fingerprint density at radius 3 is 2.77 bits per heavy atom. The third-order valence-electron chi connectivity index (χ3n) is 6.48. The van der Waals surface area contributed by atoms with Crippen LogP contribution in [0.3, 0.4) is 0 Å². The number of hydrogen-bond donors (Lipinski definition) is 1. The van der Waals surface area contributed by atoms with Crippen LogP contribution in [0.2, 0.25) is 0 Å². The predicted octanol–water partition coefficient (Wildman–Crippen LogP) is 4.65. The van der Waals surface area contributed by atoms with E-state index < -0.39 is 6.04 Å². The van der Waals surface area contributed by atoms with Crippen LogP contribution >= 0.6 is 0 Å². The van der Waals surface area contributed by atoms with Crippen LogP contribution in [-0.4, -0.2) is 44.8 Å². The molecule has 0 fully saturated rings. The Labute approximate surface area is 206 Å². The highest BCUT2D eigenvalue weighted by molar-refractivity contribution is 5.88. The number of allylic oxidation sites excluding steroid dienone is 1. The fourth-order valence-corrected chi connectivity index (χ4v) is 4.50. The number of amides is 2. The maximum absolute atomic E-state index is 13.7. The summed E-state index contributed by atoms with van der Waals surface area (Å²) in [4.78, 5) is 28.8. The molecule has 8 heteroatoms. The van der Waals surface area contributed by atoms with Crippen molar-refractivity contribution in [2.24, 2.45) is 5.92 Å². The summed E-state index contributed by atoms with van der Waals surface area (Å²) in [5, 5.41) is 11.4. The first kappa shape index (κ1) is 24.7. The van der Waals surface area contributed by atoms with Gasteiger partial charge in [0.05, 0.1) is 11.8 Å². The lowest BCUT2D eigenvalue weighted by atomic mass is 9.96. The Bertz CT molecular complexity index is 1150. The van der Waals surface area contributed by atoms with E-state index in [0.717, 1.165) is 36.7 Å². The number of benzene rings is 1. The van der Waals surface area contributed by atoms with Gasteiger partial charge in [0.2, 0.25) is 5.91 Å². The van der Waals surface area contributed by atoms with E-state index in [2.05, 4.69) is 35.6 Å². The molecule has 1 N–H and O–H groups in total. The van der Waals surface area contributed by atoms with Gasteiger partial charge in [-0.15, -0.1) is 5.10 Å². The minimum absolute atomic E-state index is 0.00393. The monoisotopic (exact) mass is 477 g/mol. The molecule has 2 heterocycles. The van der Waals surface area contributed by atoms with Gasteiger partial charge in [0.1, 0.15) is 17.8 Å². The third kappa shape index (κ3) is 6.38. The van der Waals surface area contributed by atoms with Gasteiger partial charge in [-0.25, -0.2) is 4.68 Å². The predicted molar refractivity (Wildman–Crippen MR) is 134 cm³/mol. The summed E-state index contributed by atoms with van der Waals surface area (Å²) in [5.74, 6) is 0.503. The second-order valence-electron chi connectivity index (χ2n) is 9.57. The Morgan fingerprint density at radius 1 is 1.17 bits per heavy atom. The molecule has 186 valence electrons. The molecule has 0 bridgehead atoms. The number of para-hydroxylation sites is 1. The second kappa shape index (κ2) is 11.8. The lowest BCUT2D eigenvalue weighted by molar-refractivity contribution is -0.142. The molecule has 2 amide bonds. The van der Waals surface area contributed by atoms with E-state index in [-0.39, 0.29) is 18.4 Å². The number of fused-ring (bicyclic) bond motifs is 1. The van der Waals surface area contributed by atoms with Crippen LogP contribution in [0.15, 0.2) is 58.7 Å². The van der Waals surface area contributed by atoms with Gasteiger partial charge < -0.3 is 14.6 Å². The smallest absolute Gasteiger partial charge is 0.250 e. The number of nitrogens with one attached hydrogen (secondary N) is 1. The molecule has 1 unspecified atom stereocenters. The van der Waals surface area contributed by atoms with Crippen LogP contribution in [0.25, 0.3) is 11.0 Å². The molecule has 1 aromatic carbocycles. The zero-order valence-corrected chi connectivity index (χ0v) is 20.7. The first-order valence-electron chi connectivity index (χ1n) is 12.6. The van der Waals surface area contributed by atoms with Gasteiger partial charge in [-0.2, -0.15) is 0 Å². The van der Waals surface area contributed by atoms with Crippen molar-refractivity contribution in [1.29, 1.82) is 0 Å². The van der Waals surface area contributed by atoms with Crippen LogP contribution in [0, 0.1) is 5.92 Å². The zero-order chi connectivity index (χ0) is 24.6. The van der Waals surface area contributed by atoms with Crippen molar-refractivity contribution < 1.29 is 14.0 Å².